The summed E-state index contributed by atoms with van der Waals surface area (Å²) in [5.74, 6) is 0.821. The molecule has 1 aliphatic heterocycles. The maximum atomic E-state index is 3.48. The van der Waals surface area contributed by atoms with Crippen molar-refractivity contribution < 1.29 is 0 Å². The first-order chi connectivity index (χ1) is 10.8. The van der Waals surface area contributed by atoms with Crippen LogP contribution in [-0.2, 0) is 25.4 Å². The molecule has 3 rings (SSSR count). The van der Waals surface area contributed by atoms with Crippen LogP contribution in [0.2, 0.25) is 0 Å². The lowest BCUT2D eigenvalue weighted by atomic mass is 9.92. The van der Waals surface area contributed by atoms with Crippen molar-refractivity contribution in [2.24, 2.45) is 5.92 Å². The van der Waals surface area contributed by atoms with Gasteiger partial charge in [-0.25, -0.2) is 0 Å². The zero-order valence-electron chi connectivity index (χ0n) is 13.2. The first kappa shape index (κ1) is 15.7. The summed E-state index contributed by atoms with van der Waals surface area (Å²) >= 11 is 0. The molecule has 0 aromatic heterocycles. The summed E-state index contributed by atoms with van der Waals surface area (Å²) in [6, 6.07) is 18.0. The number of hydrogen-bond acceptors (Lipinski definition) is 1. The summed E-state index contributed by atoms with van der Waals surface area (Å²) in [5.41, 5.74) is 5.95. The van der Waals surface area contributed by atoms with Gasteiger partial charge < -0.3 is 5.32 Å². The predicted octanol–water partition coefficient (Wildman–Crippen LogP) is 4.00. The van der Waals surface area contributed by atoms with Crippen LogP contribution in [0.5, 0.6) is 0 Å². The predicted molar refractivity (Wildman–Crippen MR) is 98.4 cm³/mol. The average molecular weight is 311 g/mol. The Hall–Kier alpha value is -1.17. The fourth-order valence-electron chi connectivity index (χ4n) is 3.39. The third kappa shape index (κ3) is 4.18. The topological polar surface area (TPSA) is 12.0 Å². The van der Waals surface area contributed by atoms with E-state index < -0.39 is 0 Å². The zero-order chi connectivity index (χ0) is 15.2. The Morgan fingerprint density at radius 3 is 2.55 bits per heavy atom. The molecule has 1 saturated heterocycles. The first-order valence-electron chi connectivity index (χ1n) is 8.40. The van der Waals surface area contributed by atoms with Gasteiger partial charge in [-0.05, 0) is 73.1 Å². The van der Waals surface area contributed by atoms with E-state index in [1.165, 1.54) is 42.6 Å². The van der Waals surface area contributed by atoms with Crippen LogP contribution in [0.3, 0.4) is 0 Å². The molecule has 0 aliphatic carbocycles. The van der Waals surface area contributed by atoms with E-state index >= 15 is 0 Å². The van der Waals surface area contributed by atoms with Crippen LogP contribution in [0.1, 0.15) is 28.7 Å². The van der Waals surface area contributed by atoms with Gasteiger partial charge in [0.1, 0.15) is 0 Å². The molecule has 2 unspecified atom stereocenters. The Kier molecular flexibility index (Phi) is 5.64. The maximum absolute atomic E-state index is 3.48. The minimum atomic E-state index is 0.821. The van der Waals surface area contributed by atoms with Crippen molar-refractivity contribution in [3.63, 3.8) is 0 Å². The van der Waals surface area contributed by atoms with Crippen LogP contribution < -0.4 is 5.32 Å². The van der Waals surface area contributed by atoms with Gasteiger partial charge in [-0.15, -0.1) is 9.24 Å². The molecule has 0 radical (unpaired) electrons. The van der Waals surface area contributed by atoms with Crippen molar-refractivity contribution in [2.45, 2.75) is 31.8 Å². The Labute approximate surface area is 136 Å². The monoisotopic (exact) mass is 311 g/mol. The Bertz CT molecular complexity index is 602. The molecule has 0 amide bonds. The summed E-state index contributed by atoms with van der Waals surface area (Å²) in [4.78, 5) is 0. The first-order valence-corrected chi connectivity index (χ1v) is 9.22. The minimum absolute atomic E-state index is 0.821. The summed E-state index contributed by atoms with van der Waals surface area (Å²) in [5, 5.41) is 3.48. The van der Waals surface area contributed by atoms with Gasteiger partial charge in [-0.3, -0.25) is 0 Å². The highest BCUT2D eigenvalue weighted by Gasteiger charge is 2.16. The molecule has 22 heavy (non-hydrogen) atoms. The Balaban J connectivity index is 1.66. The van der Waals surface area contributed by atoms with Gasteiger partial charge in [0.2, 0.25) is 0 Å². The van der Waals surface area contributed by atoms with Gasteiger partial charge in [-0.1, -0.05) is 48.5 Å². The molecule has 2 atom stereocenters. The number of rotatable bonds is 6. The third-order valence-corrected chi connectivity index (χ3v) is 5.17. The largest absolute Gasteiger partial charge is 0.316 e. The molecular weight excluding hydrogens is 285 g/mol. The minimum Gasteiger partial charge on any atom is -0.316 e. The lowest BCUT2D eigenvalue weighted by Crippen LogP contribution is -2.11. The molecule has 2 aromatic rings. The highest BCUT2D eigenvalue weighted by atomic mass is 31.0. The second kappa shape index (κ2) is 7.90. The van der Waals surface area contributed by atoms with Crippen molar-refractivity contribution in [3.05, 3.63) is 70.8 Å². The van der Waals surface area contributed by atoms with Crippen LogP contribution >= 0.6 is 9.24 Å². The zero-order valence-corrected chi connectivity index (χ0v) is 14.4. The summed E-state index contributed by atoms with van der Waals surface area (Å²) in [6.07, 6.45) is 5.88. The van der Waals surface area contributed by atoms with E-state index in [-0.39, 0.29) is 0 Å². The van der Waals surface area contributed by atoms with Crippen molar-refractivity contribution in [3.8, 4) is 0 Å². The van der Waals surface area contributed by atoms with Gasteiger partial charge in [-0.2, -0.15) is 0 Å². The molecule has 1 N–H and O–H groups in total. The SMILES string of the molecule is PCc1cccc(CCc2ccccc2CC2CCNC2)c1. The molecule has 1 nitrogen and oxygen atoms in total. The van der Waals surface area contributed by atoms with Gasteiger partial charge in [0.25, 0.3) is 0 Å². The lowest BCUT2D eigenvalue weighted by Gasteiger charge is -2.13. The van der Waals surface area contributed by atoms with E-state index in [9.17, 15) is 0 Å². The van der Waals surface area contributed by atoms with Crippen LogP contribution in [0.25, 0.3) is 0 Å². The van der Waals surface area contributed by atoms with Crippen LogP contribution in [0.4, 0.5) is 0 Å². The molecular formula is C20H26NP. The molecule has 0 bridgehead atoms. The molecule has 1 heterocycles. The molecule has 1 fully saturated rings. The molecule has 2 heteroatoms. The average Bonchev–Trinajstić information content (AvgIpc) is 3.07. The van der Waals surface area contributed by atoms with Gasteiger partial charge >= 0.3 is 0 Å². The Morgan fingerprint density at radius 2 is 1.77 bits per heavy atom. The van der Waals surface area contributed by atoms with Crippen molar-refractivity contribution in [1.29, 1.82) is 0 Å². The lowest BCUT2D eigenvalue weighted by molar-refractivity contribution is 0.577. The van der Waals surface area contributed by atoms with Crippen LogP contribution in [-0.4, -0.2) is 13.1 Å². The van der Waals surface area contributed by atoms with Crippen LogP contribution in [0, 0.1) is 5.92 Å². The number of hydrogen-bond donors (Lipinski definition) is 1. The van der Waals surface area contributed by atoms with E-state index in [0.29, 0.717) is 0 Å². The second-order valence-corrected chi connectivity index (χ2v) is 6.76. The molecule has 0 saturated carbocycles. The second-order valence-electron chi connectivity index (χ2n) is 6.36. The van der Waals surface area contributed by atoms with Crippen LogP contribution in [0.15, 0.2) is 48.5 Å². The molecule has 116 valence electrons. The Morgan fingerprint density at radius 1 is 0.955 bits per heavy atom. The highest BCUT2D eigenvalue weighted by Crippen LogP contribution is 2.20. The van der Waals surface area contributed by atoms with E-state index in [4.69, 9.17) is 0 Å². The number of nitrogens with one attached hydrogen (secondary N) is 1. The standard InChI is InChI=1S/C20H26NP/c22-15-18-5-3-4-16(12-18)8-9-19-6-1-2-7-20(19)13-17-10-11-21-14-17/h1-7,12,17,21H,8-11,13-15,22H2. The van der Waals surface area contributed by atoms with Crippen molar-refractivity contribution >= 4 is 9.24 Å². The van der Waals surface area contributed by atoms with E-state index in [1.54, 1.807) is 5.56 Å². The van der Waals surface area contributed by atoms with E-state index in [1.807, 2.05) is 0 Å². The normalized spacial score (nSPS) is 17.8. The molecule has 1 aliphatic rings. The quantitative estimate of drug-likeness (QED) is 0.795. The van der Waals surface area contributed by atoms with Crippen molar-refractivity contribution in [1.82, 2.24) is 5.32 Å². The molecule has 0 spiro atoms. The van der Waals surface area contributed by atoms with Gasteiger partial charge in [0, 0.05) is 0 Å². The van der Waals surface area contributed by atoms with Gasteiger partial charge in [0.15, 0.2) is 0 Å². The fraction of sp³-hybridized carbons (Fsp3) is 0.400. The number of aryl methyl sites for hydroxylation is 2. The highest BCUT2D eigenvalue weighted by molar-refractivity contribution is 7.15. The fourth-order valence-corrected chi connectivity index (χ4v) is 3.65. The summed E-state index contributed by atoms with van der Waals surface area (Å²) < 4.78 is 0. The number of benzene rings is 2. The smallest absolute Gasteiger partial charge is 0.00169 e. The van der Waals surface area contributed by atoms with E-state index in [0.717, 1.165) is 24.9 Å². The van der Waals surface area contributed by atoms with Crippen molar-refractivity contribution in [2.75, 3.05) is 13.1 Å². The summed E-state index contributed by atoms with van der Waals surface area (Å²) in [6.45, 7) is 2.37. The van der Waals surface area contributed by atoms with Gasteiger partial charge in [0.05, 0.1) is 0 Å². The third-order valence-electron chi connectivity index (χ3n) is 4.70. The molecule has 2 aromatic carbocycles. The maximum Gasteiger partial charge on any atom is -0.00169 e. The summed E-state index contributed by atoms with van der Waals surface area (Å²) in [7, 11) is 2.81. The van der Waals surface area contributed by atoms with E-state index in [2.05, 4.69) is 63.1 Å².